The van der Waals surface area contributed by atoms with Crippen molar-refractivity contribution in [3.05, 3.63) is 0 Å². The number of hydrogen-bond acceptors (Lipinski definition) is 2. The molecule has 1 fully saturated rings. The molecule has 0 aromatic heterocycles. The Morgan fingerprint density at radius 3 is 2.33 bits per heavy atom. The first-order valence-corrected chi connectivity index (χ1v) is 6.91. The van der Waals surface area contributed by atoms with Gasteiger partial charge in [0.25, 0.3) is 0 Å². The number of rotatable bonds is 4. The maximum Gasteiger partial charge on any atom is 0.0933 e. The van der Waals surface area contributed by atoms with Crippen LogP contribution in [-0.2, 0) is 0 Å². The first-order valence-electron chi connectivity index (χ1n) is 6.27. The summed E-state index contributed by atoms with van der Waals surface area (Å²) in [5.41, 5.74) is 0. The Balaban J connectivity index is 2.19. The Labute approximate surface area is 99.1 Å². The predicted octanol–water partition coefficient (Wildman–Crippen LogP) is 3.38. The fourth-order valence-electron chi connectivity index (χ4n) is 2.17. The van der Waals surface area contributed by atoms with E-state index in [4.69, 9.17) is 5.41 Å². The Bertz CT molecular complexity index is 174. The molecule has 0 aliphatic heterocycles. The Morgan fingerprint density at radius 1 is 1.13 bits per heavy atom. The molecule has 0 bridgehead atoms. The van der Waals surface area contributed by atoms with Crippen molar-refractivity contribution in [2.75, 3.05) is 5.75 Å². The van der Waals surface area contributed by atoms with Crippen molar-refractivity contribution >= 4 is 18.5 Å². The molecule has 0 amide bonds. The van der Waals surface area contributed by atoms with Gasteiger partial charge in [-0.1, -0.05) is 32.1 Å². The molecule has 0 saturated heterocycles. The van der Waals surface area contributed by atoms with E-state index in [1.807, 2.05) is 0 Å². The minimum Gasteiger partial charge on any atom is -0.371 e. The minimum atomic E-state index is 0.567. The van der Waals surface area contributed by atoms with Crippen LogP contribution >= 0.6 is 12.6 Å². The van der Waals surface area contributed by atoms with E-state index in [9.17, 15) is 0 Å². The summed E-state index contributed by atoms with van der Waals surface area (Å²) in [6.45, 7) is 0. The van der Waals surface area contributed by atoms with Gasteiger partial charge in [-0.3, -0.25) is 5.41 Å². The van der Waals surface area contributed by atoms with Gasteiger partial charge < -0.3 is 5.32 Å². The minimum absolute atomic E-state index is 0.567. The summed E-state index contributed by atoms with van der Waals surface area (Å²) in [5, 5.41) is 11.2. The number of thiol groups is 1. The van der Waals surface area contributed by atoms with Crippen LogP contribution in [0.25, 0.3) is 0 Å². The molecular weight excluding hydrogens is 204 g/mol. The van der Waals surface area contributed by atoms with Gasteiger partial charge in [0, 0.05) is 12.5 Å². The van der Waals surface area contributed by atoms with Crippen LogP contribution in [0, 0.1) is 5.41 Å². The van der Waals surface area contributed by atoms with E-state index in [-0.39, 0.29) is 0 Å². The molecule has 0 aromatic carbocycles. The number of hydrogen-bond donors (Lipinski definition) is 3. The number of amidine groups is 1. The summed E-state index contributed by atoms with van der Waals surface area (Å²) in [5.74, 6) is 1.60. The fourth-order valence-corrected chi connectivity index (χ4v) is 2.33. The molecule has 1 saturated carbocycles. The predicted molar refractivity (Wildman–Crippen MR) is 70.1 cm³/mol. The molecule has 2 nitrogen and oxygen atoms in total. The highest BCUT2D eigenvalue weighted by atomic mass is 32.1. The van der Waals surface area contributed by atoms with E-state index in [1.165, 1.54) is 44.9 Å². The summed E-state index contributed by atoms with van der Waals surface area (Å²) < 4.78 is 0. The zero-order chi connectivity index (χ0) is 10.9. The Morgan fingerprint density at radius 2 is 1.73 bits per heavy atom. The van der Waals surface area contributed by atoms with Gasteiger partial charge in [0.05, 0.1) is 5.84 Å². The SMILES string of the molecule is N=C(CCCS)NC1CCCCCCC1. The average Bonchev–Trinajstić information content (AvgIpc) is 2.19. The van der Waals surface area contributed by atoms with E-state index in [2.05, 4.69) is 17.9 Å². The van der Waals surface area contributed by atoms with Crippen LogP contribution in [0.3, 0.4) is 0 Å². The van der Waals surface area contributed by atoms with Crippen LogP contribution < -0.4 is 5.32 Å². The topological polar surface area (TPSA) is 35.9 Å². The van der Waals surface area contributed by atoms with Crippen molar-refractivity contribution in [1.29, 1.82) is 5.41 Å². The zero-order valence-corrected chi connectivity index (χ0v) is 10.5. The van der Waals surface area contributed by atoms with Crippen LogP contribution in [0.4, 0.5) is 0 Å². The molecule has 0 unspecified atom stereocenters. The van der Waals surface area contributed by atoms with Gasteiger partial charge >= 0.3 is 0 Å². The quantitative estimate of drug-likeness (QED) is 0.385. The van der Waals surface area contributed by atoms with Crippen LogP contribution in [0.5, 0.6) is 0 Å². The lowest BCUT2D eigenvalue weighted by molar-refractivity contribution is 0.426. The molecule has 2 N–H and O–H groups in total. The third-order valence-electron chi connectivity index (χ3n) is 3.07. The third-order valence-corrected chi connectivity index (χ3v) is 3.38. The monoisotopic (exact) mass is 228 g/mol. The van der Waals surface area contributed by atoms with Crippen LogP contribution in [0.1, 0.15) is 57.8 Å². The summed E-state index contributed by atoms with van der Waals surface area (Å²) in [7, 11) is 0. The normalized spacial score (nSPS) is 19.3. The van der Waals surface area contributed by atoms with E-state index >= 15 is 0 Å². The van der Waals surface area contributed by atoms with E-state index in [0.717, 1.165) is 24.4 Å². The molecule has 15 heavy (non-hydrogen) atoms. The molecule has 0 radical (unpaired) electrons. The van der Waals surface area contributed by atoms with Gasteiger partial charge in [-0.05, 0) is 25.0 Å². The first kappa shape index (κ1) is 12.9. The molecule has 88 valence electrons. The zero-order valence-electron chi connectivity index (χ0n) is 9.60. The van der Waals surface area contributed by atoms with Crippen molar-refractivity contribution < 1.29 is 0 Å². The van der Waals surface area contributed by atoms with Crippen molar-refractivity contribution in [2.24, 2.45) is 0 Å². The molecule has 3 heteroatoms. The third kappa shape index (κ3) is 6.08. The van der Waals surface area contributed by atoms with Crippen molar-refractivity contribution in [1.82, 2.24) is 5.32 Å². The second kappa shape index (κ2) is 8.03. The van der Waals surface area contributed by atoms with Crippen LogP contribution in [0.15, 0.2) is 0 Å². The van der Waals surface area contributed by atoms with Gasteiger partial charge in [-0.25, -0.2) is 0 Å². The van der Waals surface area contributed by atoms with Gasteiger partial charge in [0.1, 0.15) is 0 Å². The Kier molecular flexibility index (Phi) is 6.90. The standard InChI is InChI=1S/C12H24N2S/c13-12(9-6-10-15)14-11-7-4-2-1-3-5-8-11/h11,15H,1-10H2,(H2,13,14). The molecule has 0 aromatic rings. The van der Waals surface area contributed by atoms with Crippen LogP contribution in [-0.4, -0.2) is 17.6 Å². The van der Waals surface area contributed by atoms with Crippen molar-refractivity contribution in [3.8, 4) is 0 Å². The second-order valence-electron chi connectivity index (χ2n) is 4.49. The Hall–Kier alpha value is -0.180. The van der Waals surface area contributed by atoms with Gasteiger partial charge in [0.15, 0.2) is 0 Å². The number of nitrogens with one attached hydrogen (secondary N) is 2. The maximum atomic E-state index is 7.81. The second-order valence-corrected chi connectivity index (χ2v) is 4.94. The lowest BCUT2D eigenvalue weighted by Crippen LogP contribution is -2.34. The van der Waals surface area contributed by atoms with Crippen molar-refractivity contribution in [2.45, 2.75) is 63.8 Å². The van der Waals surface area contributed by atoms with Crippen LogP contribution in [0.2, 0.25) is 0 Å². The highest BCUT2D eigenvalue weighted by molar-refractivity contribution is 7.80. The highest BCUT2D eigenvalue weighted by Gasteiger charge is 2.11. The molecule has 0 atom stereocenters. The fraction of sp³-hybridized carbons (Fsp3) is 0.917. The van der Waals surface area contributed by atoms with E-state index in [1.54, 1.807) is 0 Å². The van der Waals surface area contributed by atoms with E-state index in [0.29, 0.717) is 6.04 Å². The molecule has 0 spiro atoms. The largest absolute Gasteiger partial charge is 0.371 e. The lowest BCUT2D eigenvalue weighted by Gasteiger charge is -2.22. The van der Waals surface area contributed by atoms with Gasteiger partial charge in [-0.15, -0.1) is 0 Å². The lowest BCUT2D eigenvalue weighted by atomic mass is 9.96. The average molecular weight is 228 g/mol. The van der Waals surface area contributed by atoms with E-state index < -0.39 is 0 Å². The molecule has 1 aliphatic carbocycles. The van der Waals surface area contributed by atoms with Crippen molar-refractivity contribution in [3.63, 3.8) is 0 Å². The summed E-state index contributed by atoms with van der Waals surface area (Å²) in [6, 6.07) is 0.567. The molecule has 1 aliphatic rings. The first-order chi connectivity index (χ1) is 7.33. The molecule has 0 heterocycles. The van der Waals surface area contributed by atoms with Gasteiger partial charge in [0.2, 0.25) is 0 Å². The summed E-state index contributed by atoms with van der Waals surface area (Å²) in [4.78, 5) is 0. The maximum absolute atomic E-state index is 7.81. The van der Waals surface area contributed by atoms with Gasteiger partial charge in [-0.2, -0.15) is 12.6 Å². The molecule has 1 rings (SSSR count). The summed E-state index contributed by atoms with van der Waals surface area (Å²) in [6.07, 6.45) is 11.2. The summed E-state index contributed by atoms with van der Waals surface area (Å²) >= 11 is 4.17. The smallest absolute Gasteiger partial charge is 0.0933 e. The highest BCUT2D eigenvalue weighted by Crippen LogP contribution is 2.17. The molecular formula is C12H24N2S.